The molecule has 3 rings (SSSR count). The van der Waals surface area contributed by atoms with Crippen LogP contribution in [0.1, 0.15) is 30.7 Å². The number of piperidine rings is 1. The molecule has 2 aliphatic rings. The van der Waals surface area contributed by atoms with E-state index < -0.39 is 0 Å². The van der Waals surface area contributed by atoms with Crippen LogP contribution in [-0.2, 0) is 9.53 Å². The third-order valence-electron chi connectivity index (χ3n) is 5.04. The highest BCUT2D eigenvalue weighted by atomic mass is 124. The first-order valence-corrected chi connectivity index (χ1v) is 8.25. The highest BCUT2D eigenvalue weighted by Crippen LogP contribution is 2.46. The smallest absolute Gasteiger partial charge is 0.310 e. The van der Waals surface area contributed by atoms with E-state index in [-0.39, 0.29) is 11.9 Å². The van der Waals surface area contributed by atoms with Gasteiger partial charge < -0.3 is 4.74 Å². The Hall–Kier alpha value is -0.620. The first kappa shape index (κ1) is 14.3. The van der Waals surface area contributed by atoms with Gasteiger partial charge in [-0.15, -0.1) is 0 Å². The number of carbonyl (C=O) groups is 1. The van der Waals surface area contributed by atoms with Gasteiger partial charge >= 0.3 is 5.97 Å². The van der Waals surface area contributed by atoms with Crippen LogP contribution in [0.4, 0.5) is 0 Å². The molecule has 2 heterocycles. The van der Waals surface area contributed by atoms with Gasteiger partial charge in [0, 0.05) is 21.6 Å². The van der Waals surface area contributed by atoms with Gasteiger partial charge in [0.2, 0.25) is 0 Å². The summed E-state index contributed by atoms with van der Waals surface area (Å²) in [6.07, 6.45) is 3.38. The summed E-state index contributed by atoms with van der Waals surface area (Å²) in [5.41, 5.74) is 1.28. The SMILES string of the molecule is COC(=O)[C@H]1[C@@H](c2ccc([124I])cc2)C[C@@H]2CC[C@H]1N2C. The molecule has 1 aromatic carbocycles. The highest BCUT2D eigenvalue weighted by Gasteiger charge is 2.49. The van der Waals surface area contributed by atoms with Crippen LogP contribution in [0.5, 0.6) is 0 Å². The Balaban J connectivity index is 1.95. The number of hydrogen-bond acceptors (Lipinski definition) is 3. The summed E-state index contributed by atoms with van der Waals surface area (Å²) in [6, 6.07) is 9.56. The van der Waals surface area contributed by atoms with E-state index in [1.54, 1.807) is 0 Å². The molecule has 4 heteroatoms. The molecule has 2 aliphatic heterocycles. The lowest BCUT2D eigenvalue weighted by atomic mass is 9.76. The predicted octanol–water partition coefficient (Wildman–Crippen LogP) is 3.03. The molecule has 0 saturated carbocycles. The molecule has 3 nitrogen and oxygen atoms in total. The fourth-order valence-corrected chi connectivity index (χ4v) is 4.34. The zero-order valence-electron chi connectivity index (χ0n) is 11.9. The summed E-state index contributed by atoms with van der Waals surface area (Å²) in [4.78, 5) is 14.7. The molecule has 0 N–H and O–H groups in total. The number of methoxy groups -OCH3 is 1. The Kier molecular flexibility index (Phi) is 4.04. The lowest BCUT2D eigenvalue weighted by Gasteiger charge is -2.41. The Morgan fingerprint density at radius 1 is 1.30 bits per heavy atom. The van der Waals surface area contributed by atoms with E-state index in [0.717, 1.165) is 12.8 Å². The minimum absolute atomic E-state index is 0.0242. The van der Waals surface area contributed by atoms with Gasteiger partial charge in [0.1, 0.15) is 0 Å². The van der Waals surface area contributed by atoms with Crippen LogP contribution in [0, 0.1) is 9.49 Å². The Morgan fingerprint density at radius 3 is 2.65 bits per heavy atom. The maximum absolute atomic E-state index is 12.3. The number of hydrogen-bond donors (Lipinski definition) is 0. The summed E-state index contributed by atoms with van der Waals surface area (Å²) in [6.45, 7) is 0. The minimum Gasteiger partial charge on any atom is -0.469 e. The molecular formula is C16H20INO2. The van der Waals surface area contributed by atoms with E-state index in [9.17, 15) is 4.79 Å². The molecule has 0 spiro atoms. The zero-order valence-corrected chi connectivity index (χ0v) is 14.0. The van der Waals surface area contributed by atoms with Crippen molar-refractivity contribution < 1.29 is 9.53 Å². The second-order valence-corrected chi connectivity index (χ2v) is 7.15. The molecule has 4 atom stereocenters. The van der Waals surface area contributed by atoms with Crippen LogP contribution in [0.2, 0.25) is 0 Å². The average Bonchev–Trinajstić information content (AvgIpc) is 2.70. The summed E-state index contributed by atoms with van der Waals surface area (Å²) in [5.74, 6) is 0.225. The lowest BCUT2D eigenvalue weighted by molar-refractivity contribution is -0.150. The fraction of sp³-hybridized carbons (Fsp3) is 0.562. The highest BCUT2D eigenvalue weighted by molar-refractivity contribution is 14.1. The van der Waals surface area contributed by atoms with Crippen LogP contribution < -0.4 is 0 Å². The first-order valence-electron chi connectivity index (χ1n) is 7.17. The number of benzene rings is 1. The number of fused-ring (bicyclic) bond motifs is 2. The molecule has 1 aromatic rings. The summed E-state index contributed by atoms with van der Waals surface area (Å²) >= 11 is 2.32. The number of carbonyl (C=O) groups excluding carboxylic acids is 1. The lowest BCUT2D eigenvalue weighted by Crippen LogP contribution is -2.49. The maximum Gasteiger partial charge on any atom is 0.310 e. The van der Waals surface area contributed by atoms with Crippen LogP contribution >= 0.6 is 22.6 Å². The first-order chi connectivity index (χ1) is 9.61. The molecule has 108 valence electrons. The van der Waals surface area contributed by atoms with E-state index >= 15 is 0 Å². The molecule has 20 heavy (non-hydrogen) atoms. The molecular weight excluding hydrogens is 362 g/mol. The summed E-state index contributed by atoms with van der Waals surface area (Å²) in [7, 11) is 3.66. The predicted molar refractivity (Wildman–Crippen MR) is 86.6 cm³/mol. The van der Waals surface area contributed by atoms with Crippen molar-refractivity contribution in [2.24, 2.45) is 5.92 Å². The number of nitrogens with zero attached hydrogens (tertiary/aromatic N) is 1. The van der Waals surface area contributed by atoms with Crippen molar-refractivity contribution in [3.05, 3.63) is 33.4 Å². The van der Waals surface area contributed by atoms with Gasteiger partial charge in [0.25, 0.3) is 0 Å². The van der Waals surface area contributed by atoms with E-state index in [0.29, 0.717) is 18.0 Å². The van der Waals surface area contributed by atoms with E-state index in [4.69, 9.17) is 4.74 Å². The molecule has 2 fully saturated rings. The third-order valence-corrected chi connectivity index (χ3v) is 5.76. The van der Waals surface area contributed by atoms with Gasteiger partial charge in [-0.3, -0.25) is 9.69 Å². The van der Waals surface area contributed by atoms with Gasteiger partial charge in [0.05, 0.1) is 13.0 Å². The van der Waals surface area contributed by atoms with E-state index in [1.807, 2.05) is 0 Å². The number of halogens is 1. The normalized spacial score (nSPS) is 33.1. The number of rotatable bonds is 2. The molecule has 0 radical (unpaired) electrons. The molecule has 0 aromatic heterocycles. The topological polar surface area (TPSA) is 29.5 Å². The van der Waals surface area contributed by atoms with Crippen molar-refractivity contribution in [2.75, 3.05) is 14.2 Å². The second kappa shape index (κ2) is 5.64. The van der Waals surface area contributed by atoms with Crippen LogP contribution in [0.3, 0.4) is 0 Å². The van der Waals surface area contributed by atoms with Crippen LogP contribution in [0.25, 0.3) is 0 Å². The van der Waals surface area contributed by atoms with Crippen molar-refractivity contribution in [1.82, 2.24) is 4.90 Å². The fourth-order valence-electron chi connectivity index (χ4n) is 3.98. The maximum atomic E-state index is 12.3. The standard InChI is InChI=1S/C16H20INO2/c1-18-12-7-8-14(18)15(16(19)20-2)13(9-12)10-3-5-11(17)6-4-10/h3-6,12-15H,7-9H2,1-2H3/t12-,13+,14+,15-/m0/s1/i17-3. The summed E-state index contributed by atoms with van der Waals surface area (Å²) in [5, 5.41) is 0. The summed E-state index contributed by atoms with van der Waals surface area (Å²) < 4.78 is 6.33. The zero-order chi connectivity index (χ0) is 14.3. The Morgan fingerprint density at radius 2 is 2.00 bits per heavy atom. The molecule has 2 saturated heterocycles. The van der Waals surface area contributed by atoms with Gasteiger partial charge in [-0.25, -0.2) is 0 Å². The van der Waals surface area contributed by atoms with Gasteiger partial charge in [-0.05, 0) is 66.6 Å². The van der Waals surface area contributed by atoms with Crippen molar-refractivity contribution >= 4 is 28.6 Å². The Labute approximate surface area is 133 Å². The average molecular weight is 382 g/mol. The van der Waals surface area contributed by atoms with E-state index in [1.165, 1.54) is 22.7 Å². The molecule has 0 amide bonds. The van der Waals surface area contributed by atoms with Gasteiger partial charge in [-0.1, -0.05) is 12.1 Å². The van der Waals surface area contributed by atoms with Crippen LogP contribution in [0.15, 0.2) is 24.3 Å². The van der Waals surface area contributed by atoms with Crippen molar-refractivity contribution in [3.63, 3.8) is 0 Å². The van der Waals surface area contributed by atoms with Crippen molar-refractivity contribution in [3.8, 4) is 0 Å². The molecule has 2 bridgehead atoms. The monoisotopic (exact) mass is 382 g/mol. The molecule has 0 aliphatic carbocycles. The van der Waals surface area contributed by atoms with Crippen molar-refractivity contribution in [2.45, 2.75) is 37.3 Å². The Bertz CT molecular complexity index is 502. The van der Waals surface area contributed by atoms with E-state index in [2.05, 4.69) is 58.8 Å². The third kappa shape index (κ3) is 2.37. The molecule has 0 unspecified atom stereocenters. The van der Waals surface area contributed by atoms with Crippen LogP contribution in [-0.4, -0.2) is 37.1 Å². The second-order valence-electron chi connectivity index (χ2n) is 5.91. The van der Waals surface area contributed by atoms with Gasteiger partial charge in [0.15, 0.2) is 0 Å². The number of esters is 1. The van der Waals surface area contributed by atoms with Gasteiger partial charge in [-0.2, -0.15) is 0 Å². The largest absolute Gasteiger partial charge is 0.469 e. The van der Waals surface area contributed by atoms with Crippen molar-refractivity contribution in [1.29, 1.82) is 0 Å². The minimum atomic E-state index is -0.0502. The quantitative estimate of drug-likeness (QED) is 0.582. The number of ether oxygens (including phenoxy) is 1.